The number of benzene rings is 3. The van der Waals surface area contributed by atoms with Gasteiger partial charge in [0, 0.05) is 36.0 Å². The molecule has 0 bridgehead atoms. The first-order valence-corrected chi connectivity index (χ1v) is 11.5. The highest BCUT2D eigenvalue weighted by Crippen LogP contribution is 2.44. The molecule has 7 heteroatoms. The van der Waals surface area contributed by atoms with Crippen molar-refractivity contribution < 1.29 is 19.4 Å². The summed E-state index contributed by atoms with van der Waals surface area (Å²) in [6, 6.07) is 21.3. The molecule has 0 aliphatic heterocycles. The Morgan fingerprint density at radius 3 is 2.39 bits per heavy atom. The third-order valence-electron chi connectivity index (χ3n) is 6.21. The minimum Gasteiger partial charge on any atom is -0.477 e. The van der Waals surface area contributed by atoms with Crippen LogP contribution in [-0.2, 0) is 4.74 Å². The van der Waals surface area contributed by atoms with Gasteiger partial charge in [-0.15, -0.1) is 0 Å². The number of hydrogen-bond donors (Lipinski definition) is 3. The van der Waals surface area contributed by atoms with Crippen LogP contribution >= 0.6 is 0 Å². The molecule has 5 rings (SSSR count). The van der Waals surface area contributed by atoms with E-state index >= 15 is 0 Å². The number of carbonyl (C=O) groups is 2. The first kappa shape index (κ1) is 22.9. The van der Waals surface area contributed by atoms with Gasteiger partial charge in [-0.3, -0.25) is 4.79 Å². The van der Waals surface area contributed by atoms with Crippen molar-refractivity contribution in [2.24, 2.45) is 0 Å². The molecule has 1 aromatic heterocycles. The van der Waals surface area contributed by atoms with Crippen molar-refractivity contribution in [1.82, 2.24) is 10.3 Å². The number of hydrogen-bond acceptors (Lipinski definition) is 4. The van der Waals surface area contributed by atoms with Crippen LogP contribution in [0.1, 0.15) is 39.4 Å². The normalized spacial score (nSPS) is 11.8. The maximum absolute atomic E-state index is 12.3. The molecule has 0 fully saturated rings. The predicted octanol–water partition coefficient (Wildman–Crippen LogP) is 4.51. The average Bonchev–Trinajstić information content (AvgIpc) is 3.21. The van der Waals surface area contributed by atoms with Gasteiger partial charge in [0.05, 0.1) is 5.52 Å². The van der Waals surface area contributed by atoms with Crippen molar-refractivity contribution in [2.75, 3.05) is 13.2 Å². The highest BCUT2D eigenvalue weighted by molar-refractivity contribution is 5.92. The highest BCUT2D eigenvalue weighted by Gasteiger charge is 2.28. The third kappa shape index (κ3) is 4.44. The molecule has 0 unspecified atom stereocenters. The summed E-state index contributed by atoms with van der Waals surface area (Å²) in [5.41, 5.74) is 5.01. The summed E-state index contributed by atoms with van der Waals surface area (Å²) in [6.07, 6.45) is 1.11. The second kappa shape index (κ2) is 9.80. The first-order chi connectivity index (χ1) is 17.5. The zero-order valence-electron chi connectivity index (χ0n) is 19.2. The second-order valence-electron chi connectivity index (χ2n) is 8.40. The number of ether oxygens (including phenoxy) is 1. The van der Waals surface area contributed by atoms with Crippen LogP contribution in [0.2, 0.25) is 0 Å². The number of carbonyl (C=O) groups excluding carboxylic acids is 1. The fourth-order valence-electron chi connectivity index (χ4n) is 4.50. The molecule has 1 aliphatic carbocycles. The number of H-pyrrole nitrogens is 1. The third-order valence-corrected chi connectivity index (χ3v) is 6.21. The Bertz CT molecular complexity index is 1560. The summed E-state index contributed by atoms with van der Waals surface area (Å²) in [6.45, 7) is 0.584. The number of alkyl carbamates (subject to hydrolysis) is 1. The quantitative estimate of drug-likeness (QED) is 0.289. The van der Waals surface area contributed by atoms with E-state index in [2.05, 4.69) is 46.4 Å². The smallest absolute Gasteiger partial charge is 0.407 e. The number of rotatable bonds is 5. The fourth-order valence-corrected chi connectivity index (χ4v) is 4.50. The Labute approximate surface area is 206 Å². The summed E-state index contributed by atoms with van der Waals surface area (Å²) in [7, 11) is 0. The van der Waals surface area contributed by atoms with E-state index in [4.69, 9.17) is 9.84 Å². The van der Waals surface area contributed by atoms with Crippen LogP contribution < -0.4 is 10.7 Å². The molecule has 0 atom stereocenters. The summed E-state index contributed by atoms with van der Waals surface area (Å²) >= 11 is 0. The first-order valence-electron chi connectivity index (χ1n) is 11.5. The van der Waals surface area contributed by atoms with Gasteiger partial charge in [-0.05, 0) is 40.5 Å². The zero-order valence-corrected chi connectivity index (χ0v) is 19.2. The van der Waals surface area contributed by atoms with Crippen LogP contribution in [0.25, 0.3) is 22.0 Å². The van der Waals surface area contributed by atoms with E-state index in [0.29, 0.717) is 24.0 Å². The number of carboxylic acid groups (broad SMARTS) is 1. The minimum absolute atomic E-state index is 0.00821. The fraction of sp³-hybridized carbons (Fsp3) is 0.138. The summed E-state index contributed by atoms with van der Waals surface area (Å²) in [5.74, 6) is 4.70. The summed E-state index contributed by atoms with van der Waals surface area (Å²) in [4.78, 5) is 38.4. The van der Waals surface area contributed by atoms with Gasteiger partial charge >= 0.3 is 12.1 Å². The zero-order chi connectivity index (χ0) is 25.1. The van der Waals surface area contributed by atoms with Crippen molar-refractivity contribution >= 4 is 23.0 Å². The van der Waals surface area contributed by atoms with Gasteiger partial charge in [-0.2, -0.15) is 0 Å². The lowest BCUT2D eigenvalue weighted by atomic mass is 9.98. The molecule has 3 aromatic carbocycles. The molecule has 1 amide bonds. The predicted molar refractivity (Wildman–Crippen MR) is 136 cm³/mol. The number of nitrogens with one attached hydrogen (secondary N) is 2. The molecule has 0 saturated carbocycles. The van der Waals surface area contributed by atoms with E-state index in [1.54, 1.807) is 18.2 Å². The van der Waals surface area contributed by atoms with Gasteiger partial charge < -0.3 is 20.1 Å². The van der Waals surface area contributed by atoms with Crippen molar-refractivity contribution in [2.45, 2.75) is 12.3 Å². The largest absolute Gasteiger partial charge is 0.477 e. The van der Waals surface area contributed by atoms with Crippen LogP contribution in [-0.4, -0.2) is 35.3 Å². The molecule has 7 nitrogen and oxygen atoms in total. The van der Waals surface area contributed by atoms with Crippen molar-refractivity contribution in [1.29, 1.82) is 0 Å². The Morgan fingerprint density at radius 2 is 1.69 bits per heavy atom. The molecule has 0 spiro atoms. The number of pyridine rings is 1. The molecule has 178 valence electrons. The van der Waals surface area contributed by atoms with E-state index in [-0.39, 0.29) is 23.5 Å². The monoisotopic (exact) mass is 478 g/mol. The molecule has 4 aromatic rings. The molecule has 3 N–H and O–H groups in total. The van der Waals surface area contributed by atoms with Gasteiger partial charge in [0.15, 0.2) is 0 Å². The van der Waals surface area contributed by atoms with E-state index in [1.807, 2.05) is 24.3 Å². The Morgan fingerprint density at radius 1 is 1.00 bits per heavy atom. The maximum Gasteiger partial charge on any atom is 0.407 e. The number of aromatic carboxylic acids is 1. The summed E-state index contributed by atoms with van der Waals surface area (Å²) < 4.78 is 5.52. The van der Waals surface area contributed by atoms with Gasteiger partial charge in [0.25, 0.3) is 0 Å². The Balaban J connectivity index is 1.15. The Kier molecular flexibility index (Phi) is 6.25. The van der Waals surface area contributed by atoms with Crippen LogP contribution in [0.5, 0.6) is 0 Å². The van der Waals surface area contributed by atoms with Gasteiger partial charge in [-0.1, -0.05) is 60.4 Å². The van der Waals surface area contributed by atoms with Gasteiger partial charge in [0.2, 0.25) is 5.43 Å². The maximum atomic E-state index is 12.3. The summed E-state index contributed by atoms with van der Waals surface area (Å²) in [5, 5.41) is 12.1. The van der Waals surface area contributed by atoms with E-state index in [9.17, 15) is 14.4 Å². The topological polar surface area (TPSA) is 108 Å². The second-order valence-corrected chi connectivity index (χ2v) is 8.40. The number of aromatic nitrogens is 1. The molecular weight excluding hydrogens is 456 g/mol. The minimum atomic E-state index is -1.27. The van der Waals surface area contributed by atoms with E-state index in [1.165, 1.54) is 17.3 Å². The van der Waals surface area contributed by atoms with Crippen LogP contribution in [0, 0.1) is 11.8 Å². The number of aromatic amines is 1. The molecule has 1 aliphatic rings. The Hall–Kier alpha value is -4.83. The molecular formula is C29H22N2O5. The van der Waals surface area contributed by atoms with E-state index < -0.39 is 17.5 Å². The lowest BCUT2D eigenvalue weighted by Crippen LogP contribution is -2.26. The molecule has 1 heterocycles. The van der Waals surface area contributed by atoms with Crippen LogP contribution in [0.4, 0.5) is 4.79 Å². The SMILES string of the molecule is O=C(NCCC#Cc1ccc2c(=O)c(C(=O)O)c[nH]c2c1)OCC1c2ccccc2-c2ccccc21. The number of fused-ring (bicyclic) bond motifs is 4. The van der Waals surface area contributed by atoms with Gasteiger partial charge in [-0.25, -0.2) is 9.59 Å². The number of amides is 1. The number of carboxylic acids is 1. The highest BCUT2D eigenvalue weighted by atomic mass is 16.5. The lowest BCUT2D eigenvalue weighted by Gasteiger charge is -2.14. The van der Waals surface area contributed by atoms with Crippen LogP contribution in [0.15, 0.2) is 77.7 Å². The van der Waals surface area contributed by atoms with Crippen molar-refractivity contribution in [3.8, 4) is 23.0 Å². The van der Waals surface area contributed by atoms with Crippen molar-refractivity contribution in [3.05, 3.63) is 105 Å². The average molecular weight is 479 g/mol. The van der Waals surface area contributed by atoms with Gasteiger partial charge in [0.1, 0.15) is 12.2 Å². The van der Waals surface area contributed by atoms with Crippen molar-refractivity contribution in [3.63, 3.8) is 0 Å². The standard InChI is InChI=1S/C29H22N2O5/c32-27-23-13-12-18(15-26(23)31-16-24(27)28(33)34)7-5-6-14-30-29(35)36-17-25-21-10-3-1-8-19(21)20-9-2-4-11-22(20)25/h1-4,8-13,15-16,25H,6,14,17H2,(H,30,35)(H,31,32)(H,33,34). The van der Waals surface area contributed by atoms with E-state index in [0.717, 1.165) is 11.1 Å². The van der Waals surface area contributed by atoms with Crippen LogP contribution in [0.3, 0.4) is 0 Å². The lowest BCUT2D eigenvalue weighted by molar-refractivity contribution is 0.0695. The molecule has 0 saturated heterocycles. The molecule has 0 radical (unpaired) electrons. The molecule has 36 heavy (non-hydrogen) atoms.